The van der Waals surface area contributed by atoms with Crippen LogP contribution in [0.1, 0.15) is 36.2 Å². The number of aliphatic hydroxyl groups excluding tert-OH is 2. The number of morpholine rings is 1. The smallest absolute Gasteiger partial charge is 0.159 e. The molecule has 4 heterocycles. The summed E-state index contributed by atoms with van der Waals surface area (Å²) in [6.45, 7) is 8.94. The van der Waals surface area contributed by atoms with Crippen molar-refractivity contribution in [2.45, 2.75) is 51.5 Å². The van der Waals surface area contributed by atoms with Crippen LogP contribution >= 0.6 is 0 Å². The zero-order valence-corrected chi connectivity index (χ0v) is 21.1. The van der Waals surface area contributed by atoms with E-state index in [1.54, 1.807) is 11.6 Å². The number of hydrogen-bond acceptors (Lipinski definition) is 8. The number of benzene rings is 1. The van der Waals surface area contributed by atoms with E-state index in [9.17, 15) is 10.2 Å². The van der Waals surface area contributed by atoms with Crippen molar-refractivity contribution >= 4 is 16.7 Å². The van der Waals surface area contributed by atoms with Gasteiger partial charge in [-0.3, -0.25) is 4.90 Å². The molecular weight excluding hydrogens is 463 g/mol. The van der Waals surface area contributed by atoms with Gasteiger partial charge in [0, 0.05) is 43.5 Å². The Kier molecular flexibility index (Phi) is 7.21. The first-order valence-corrected chi connectivity index (χ1v) is 12.7. The molecule has 10 heteroatoms. The molecule has 5 rings (SSSR count). The van der Waals surface area contributed by atoms with Crippen molar-refractivity contribution < 1.29 is 19.3 Å². The molecule has 3 unspecified atom stereocenters. The molecule has 2 N–H and O–H groups in total. The number of nitrogens with zero attached hydrogens (tertiary/aromatic N) is 6. The number of piperidine rings is 1. The van der Waals surface area contributed by atoms with Crippen molar-refractivity contribution in [3.63, 3.8) is 0 Å². The lowest BCUT2D eigenvalue weighted by Crippen LogP contribution is -2.44. The van der Waals surface area contributed by atoms with E-state index in [-0.39, 0.29) is 18.6 Å². The molecular formula is C26H35FN6O3. The lowest BCUT2D eigenvalue weighted by atomic mass is 9.85. The number of alkyl halides is 1. The molecule has 2 fully saturated rings. The monoisotopic (exact) mass is 498 g/mol. The number of halogens is 1. The molecule has 9 nitrogen and oxygen atoms in total. The van der Waals surface area contributed by atoms with Crippen LogP contribution in [-0.2, 0) is 4.74 Å². The third kappa shape index (κ3) is 5.08. The summed E-state index contributed by atoms with van der Waals surface area (Å²) in [5, 5.41) is 24.8. The van der Waals surface area contributed by atoms with Crippen LogP contribution in [0.2, 0.25) is 0 Å². The maximum Gasteiger partial charge on any atom is 0.159 e. The van der Waals surface area contributed by atoms with Gasteiger partial charge in [-0.25, -0.2) is 19.0 Å². The van der Waals surface area contributed by atoms with E-state index in [0.717, 1.165) is 34.4 Å². The van der Waals surface area contributed by atoms with Crippen LogP contribution in [0.25, 0.3) is 16.7 Å². The van der Waals surface area contributed by atoms with E-state index in [1.807, 2.05) is 31.0 Å². The van der Waals surface area contributed by atoms with E-state index < -0.39 is 12.3 Å². The molecule has 0 spiro atoms. The molecule has 194 valence electrons. The molecule has 0 saturated carbocycles. The predicted molar refractivity (Wildman–Crippen MR) is 136 cm³/mol. The molecule has 2 aromatic heterocycles. The number of aryl methyl sites for hydroxylation is 2. The summed E-state index contributed by atoms with van der Waals surface area (Å²) in [5.74, 6) is 1.84. The molecule has 4 atom stereocenters. The Bertz CT molecular complexity index is 1220. The van der Waals surface area contributed by atoms with E-state index in [0.29, 0.717) is 50.8 Å². The summed E-state index contributed by atoms with van der Waals surface area (Å²) in [7, 11) is 0. The van der Waals surface area contributed by atoms with E-state index in [4.69, 9.17) is 4.74 Å². The summed E-state index contributed by atoms with van der Waals surface area (Å²) < 4.78 is 22.7. The topological polar surface area (TPSA) is 99.8 Å². The Balaban J connectivity index is 1.47. The summed E-state index contributed by atoms with van der Waals surface area (Å²) in [6.07, 6.45) is 0.814. The summed E-state index contributed by atoms with van der Waals surface area (Å²) in [5.41, 5.74) is 2.94. The van der Waals surface area contributed by atoms with Crippen molar-refractivity contribution in [3.05, 3.63) is 41.3 Å². The minimum atomic E-state index is -1.00. The second-order valence-corrected chi connectivity index (χ2v) is 10.1. The van der Waals surface area contributed by atoms with E-state index in [2.05, 4.69) is 32.1 Å². The molecule has 0 amide bonds. The summed E-state index contributed by atoms with van der Waals surface area (Å²) in [6, 6.07) is 6.05. The van der Waals surface area contributed by atoms with Crippen molar-refractivity contribution in [1.82, 2.24) is 24.6 Å². The molecule has 0 bridgehead atoms. The molecule has 2 aliphatic heterocycles. The first-order chi connectivity index (χ1) is 17.3. The second kappa shape index (κ2) is 10.4. The third-order valence-corrected chi connectivity index (χ3v) is 7.20. The maximum atomic E-state index is 15.3. The fourth-order valence-corrected chi connectivity index (χ4v) is 5.49. The Morgan fingerprint density at radius 2 is 1.94 bits per heavy atom. The molecule has 3 aromatic rings. The highest BCUT2D eigenvalue weighted by atomic mass is 19.1. The molecule has 0 aliphatic carbocycles. The standard InChI is InChI=1S/C26H35FN6O3/c1-16-8-19-11-28-33(24(19)9-22(16)21-4-5-31(12-17(2)35)14-23(21)27)26-10-25(29-18(3)30-26)32-6-7-36-20(13-32)15-34/h8-11,17,20-21,23,34-35H,4-7,12-15H2,1-3H3/t17?,20-,21?,23?/m1/s1. The van der Waals surface area contributed by atoms with Gasteiger partial charge in [-0.05, 0) is 57.0 Å². The largest absolute Gasteiger partial charge is 0.394 e. The Labute approximate surface area is 210 Å². The van der Waals surface area contributed by atoms with Gasteiger partial charge in [-0.1, -0.05) is 0 Å². The zero-order valence-electron chi connectivity index (χ0n) is 21.1. The Morgan fingerprint density at radius 1 is 1.14 bits per heavy atom. The zero-order chi connectivity index (χ0) is 25.4. The van der Waals surface area contributed by atoms with Crippen molar-refractivity contribution in [1.29, 1.82) is 0 Å². The molecule has 36 heavy (non-hydrogen) atoms. The molecule has 1 aromatic carbocycles. The lowest BCUT2D eigenvalue weighted by molar-refractivity contribution is 0.00335. The summed E-state index contributed by atoms with van der Waals surface area (Å²) in [4.78, 5) is 13.4. The van der Waals surface area contributed by atoms with Crippen LogP contribution in [0.4, 0.5) is 10.2 Å². The van der Waals surface area contributed by atoms with Gasteiger partial charge >= 0.3 is 0 Å². The number of anilines is 1. The SMILES string of the molecule is Cc1nc(N2CCO[C@@H](CO)C2)cc(-n2ncc3cc(C)c(C4CCN(CC(C)O)CC4F)cc32)n1. The van der Waals surface area contributed by atoms with Crippen molar-refractivity contribution in [2.24, 2.45) is 0 Å². The van der Waals surface area contributed by atoms with Gasteiger partial charge in [0.2, 0.25) is 0 Å². The van der Waals surface area contributed by atoms with Crippen LogP contribution in [0, 0.1) is 13.8 Å². The van der Waals surface area contributed by atoms with Crippen molar-refractivity contribution in [3.8, 4) is 5.82 Å². The number of likely N-dealkylation sites (tertiary alicyclic amines) is 1. The quantitative estimate of drug-likeness (QED) is 0.533. The van der Waals surface area contributed by atoms with Crippen LogP contribution in [0.5, 0.6) is 0 Å². The lowest BCUT2D eigenvalue weighted by Gasteiger charge is -2.36. The number of fused-ring (bicyclic) bond motifs is 1. The molecule has 2 aliphatic rings. The van der Waals surface area contributed by atoms with Gasteiger partial charge in [-0.15, -0.1) is 0 Å². The van der Waals surface area contributed by atoms with Gasteiger partial charge in [0.05, 0.1) is 37.1 Å². The van der Waals surface area contributed by atoms with E-state index in [1.165, 1.54) is 0 Å². The first kappa shape index (κ1) is 25.0. The average molecular weight is 499 g/mol. The van der Waals surface area contributed by atoms with Gasteiger partial charge < -0.3 is 19.8 Å². The van der Waals surface area contributed by atoms with Crippen molar-refractivity contribution in [2.75, 3.05) is 50.8 Å². The molecule has 0 radical (unpaired) electrons. The number of rotatable bonds is 6. The first-order valence-electron chi connectivity index (χ1n) is 12.7. The van der Waals surface area contributed by atoms with Crippen LogP contribution in [0.15, 0.2) is 24.4 Å². The number of aromatic nitrogens is 4. The Hall–Kier alpha value is -2.66. The van der Waals surface area contributed by atoms with Crippen LogP contribution in [-0.4, -0.2) is 99.2 Å². The Morgan fingerprint density at radius 3 is 2.69 bits per heavy atom. The molecule has 2 saturated heterocycles. The van der Waals surface area contributed by atoms with Gasteiger partial charge in [0.1, 0.15) is 17.8 Å². The van der Waals surface area contributed by atoms with E-state index >= 15 is 4.39 Å². The van der Waals surface area contributed by atoms with Crippen LogP contribution in [0.3, 0.4) is 0 Å². The third-order valence-electron chi connectivity index (χ3n) is 7.20. The number of β-amino-alcohol motifs (C(OH)–C–C–N with tert-alkyl or cyclic N) is 1. The fourth-order valence-electron chi connectivity index (χ4n) is 5.49. The highest BCUT2D eigenvalue weighted by molar-refractivity contribution is 5.82. The number of aliphatic hydroxyl groups is 2. The predicted octanol–water partition coefficient (Wildman–Crippen LogP) is 2.14. The number of hydrogen-bond donors (Lipinski definition) is 2. The summed E-state index contributed by atoms with van der Waals surface area (Å²) >= 11 is 0. The van der Waals surface area contributed by atoms with Gasteiger partial charge in [0.15, 0.2) is 5.82 Å². The van der Waals surface area contributed by atoms with Gasteiger partial charge in [0.25, 0.3) is 0 Å². The number of ether oxygens (including phenoxy) is 1. The normalized spacial score (nSPS) is 24.4. The highest BCUT2D eigenvalue weighted by Gasteiger charge is 2.32. The average Bonchev–Trinajstić information content (AvgIpc) is 3.26. The minimum Gasteiger partial charge on any atom is -0.394 e. The maximum absolute atomic E-state index is 15.3. The van der Waals surface area contributed by atoms with Gasteiger partial charge in [-0.2, -0.15) is 5.10 Å². The fraction of sp³-hybridized carbons (Fsp3) is 0.577. The second-order valence-electron chi connectivity index (χ2n) is 10.1. The highest BCUT2D eigenvalue weighted by Crippen LogP contribution is 2.35. The minimum absolute atomic E-state index is 0.0349. The van der Waals surface area contributed by atoms with Crippen LogP contribution < -0.4 is 4.90 Å².